The predicted molar refractivity (Wildman–Crippen MR) is 88.9 cm³/mol. The number of aliphatic carboxylic acids is 1. The Bertz CT molecular complexity index is 870. The summed E-state index contributed by atoms with van der Waals surface area (Å²) in [6.45, 7) is 0. The number of aromatic nitrogens is 1. The number of H-pyrrole nitrogens is 1. The number of carbonyl (C=O) groups excluding carboxylic acids is 2. The number of carbonyl (C=O) groups is 2. The summed E-state index contributed by atoms with van der Waals surface area (Å²) >= 11 is 0. The molecule has 1 aromatic heterocycles. The van der Waals surface area contributed by atoms with E-state index in [1.165, 1.54) is 0 Å². The van der Waals surface area contributed by atoms with Gasteiger partial charge in [0.15, 0.2) is 0 Å². The van der Waals surface area contributed by atoms with Gasteiger partial charge in [-0.25, -0.2) is 4.98 Å². The number of nitrogens with two attached hydrogens (primary N) is 1. The Hall–Kier alpha value is -3.15. The number of hydrogen-bond donors (Lipinski definition) is 2. The number of anilines is 1. The molecular weight excluding hydrogens is 306 g/mol. The van der Waals surface area contributed by atoms with Crippen molar-refractivity contribution in [2.24, 2.45) is 5.73 Å². The highest BCUT2D eigenvalue weighted by Crippen LogP contribution is 2.29. The monoisotopic (exact) mass is 323 g/mol. The lowest BCUT2D eigenvalue weighted by Crippen LogP contribution is -2.41. The average Bonchev–Trinajstić information content (AvgIpc) is 2.57. The first-order valence-corrected chi connectivity index (χ1v) is 7.64. The number of carboxylic acid groups (broad SMARTS) is 1. The molecule has 6 nitrogen and oxygen atoms in total. The number of nitrogens with one attached hydrogen (secondary N) is 2. The molecule has 24 heavy (non-hydrogen) atoms. The minimum absolute atomic E-state index is 0.0273. The molecule has 0 spiro atoms. The van der Waals surface area contributed by atoms with Gasteiger partial charge in [-0.15, -0.1) is 0 Å². The molecule has 0 aliphatic carbocycles. The van der Waals surface area contributed by atoms with Gasteiger partial charge in [-0.1, -0.05) is 24.3 Å². The van der Waals surface area contributed by atoms with E-state index in [9.17, 15) is 14.7 Å². The zero-order valence-electron chi connectivity index (χ0n) is 12.9. The number of para-hydroxylation sites is 2. The minimum Gasteiger partial charge on any atom is -0.548 e. The molecule has 1 atom stereocenters. The fourth-order valence-corrected chi connectivity index (χ4v) is 2.78. The molecule has 1 amide bonds. The summed E-state index contributed by atoms with van der Waals surface area (Å²) in [5, 5.41) is 16.2. The molecule has 3 aromatic rings. The Morgan fingerprint density at radius 3 is 2.08 bits per heavy atom. The van der Waals surface area contributed by atoms with Crippen molar-refractivity contribution in [2.45, 2.75) is 18.9 Å². The predicted octanol–water partition coefficient (Wildman–Crippen LogP) is 0.603. The van der Waals surface area contributed by atoms with Crippen LogP contribution in [0.4, 0.5) is 5.69 Å². The number of aromatic amines is 1. The average molecular weight is 323 g/mol. The van der Waals surface area contributed by atoms with Gasteiger partial charge in [-0.05, 0) is 18.6 Å². The molecule has 0 bridgehead atoms. The third-order valence-electron chi connectivity index (χ3n) is 3.94. The fourth-order valence-electron chi connectivity index (χ4n) is 2.78. The van der Waals surface area contributed by atoms with Crippen LogP contribution in [0.1, 0.15) is 12.8 Å². The largest absolute Gasteiger partial charge is 0.548 e. The van der Waals surface area contributed by atoms with Gasteiger partial charge < -0.3 is 21.0 Å². The number of carboxylic acids is 1. The van der Waals surface area contributed by atoms with E-state index in [4.69, 9.17) is 5.73 Å². The van der Waals surface area contributed by atoms with Gasteiger partial charge in [0.05, 0.1) is 28.5 Å². The molecule has 2 aromatic carbocycles. The highest BCUT2D eigenvalue weighted by molar-refractivity contribution is 6.05. The van der Waals surface area contributed by atoms with Crippen molar-refractivity contribution >= 4 is 39.4 Å². The number of primary amides is 1. The zero-order chi connectivity index (χ0) is 17.1. The van der Waals surface area contributed by atoms with Crippen LogP contribution in [0, 0.1) is 0 Å². The number of hydrogen-bond acceptors (Lipinski definition) is 4. The van der Waals surface area contributed by atoms with Crippen molar-refractivity contribution in [3.63, 3.8) is 0 Å². The molecule has 122 valence electrons. The SMILES string of the molecule is NC(=O)CC[C@@H](Nc1c2ccccc2[nH+]c2ccccc12)C(=O)[O-]. The molecule has 0 aliphatic rings. The molecule has 0 saturated heterocycles. The lowest BCUT2D eigenvalue weighted by molar-refractivity contribution is -0.310. The fraction of sp³-hybridized carbons (Fsp3) is 0.167. The van der Waals surface area contributed by atoms with E-state index >= 15 is 0 Å². The first-order chi connectivity index (χ1) is 11.6. The first kappa shape index (κ1) is 15.7. The summed E-state index contributed by atoms with van der Waals surface area (Å²) in [5.74, 6) is -1.81. The maximum absolute atomic E-state index is 11.5. The number of benzene rings is 2. The summed E-state index contributed by atoms with van der Waals surface area (Å²) < 4.78 is 0. The lowest BCUT2D eigenvalue weighted by Gasteiger charge is -2.21. The van der Waals surface area contributed by atoms with Crippen molar-refractivity contribution in [3.8, 4) is 0 Å². The summed E-state index contributed by atoms with van der Waals surface area (Å²) in [5.41, 5.74) is 7.58. The first-order valence-electron chi connectivity index (χ1n) is 7.64. The number of rotatable bonds is 6. The molecule has 1 heterocycles. The summed E-state index contributed by atoms with van der Waals surface area (Å²) in [7, 11) is 0. The van der Waals surface area contributed by atoms with Crippen LogP contribution in [0.15, 0.2) is 48.5 Å². The number of pyridine rings is 1. The second-order valence-corrected chi connectivity index (χ2v) is 5.61. The Balaban J connectivity index is 2.11. The van der Waals surface area contributed by atoms with Crippen LogP contribution in [0.5, 0.6) is 0 Å². The van der Waals surface area contributed by atoms with Crippen molar-refractivity contribution in [2.75, 3.05) is 5.32 Å². The van der Waals surface area contributed by atoms with Crippen LogP contribution >= 0.6 is 0 Å². The van der Waals surface area contributed by atoms with Crippen molar-refractivity contribution in [1.29, 1.82) is 0 Å². The second-order valence-electron chi connectivity index (χ2n) is 5.61. The van der Waals surface area contributed by atoms with E-state index in [0.29, 0.717) is 5.69 Å². The van der Waals surface area contributed by atoms with E-state index in [-0.39, 0.29) is 12.8 Å². The topological polar surface area (TPSA) is 109 Å². The molecule has 3 rings (SSSR count). The van der Waals surface area contributed by atoms with Crippen molar-refractivity contribution < 1.29 is 19.7 Å². The smallest absolute Gasteiger partial charge is 0.217 e. The van der Waals surface area contributed by atoms with E-state index in [1.807, 2.05) is 48.5 Å². The van der Waals surface area contributed by atoms with Gasteiger partial charge >= 0.3 is 0 Å². The Kier molecular flexibility index (Phi) is 4.29. The molecule has 6 heteroatoms. The van der Waals surface area contributed by atoms with E-state index < -0.39 is 17.9 Å². The van der Waals surface area contributed by atoms with Crippen molar-refractivity contribution in [1.82, 2.24) is 0 Å². The zero-order valence-corrected chi connectivity index (χ0v) is 12.9. The standard InChI is InChI=1S/C18H17N3O3/c19-16(22)10-9-15(18(23)24)21-17-11-5-1-3-7-13(11)20-14-8-4-2-6-12(14)17/h1-8,15H,9-10H2,(H2,19,22)(H,20,21)(H,23,24)/t15-/m1/s1. The van der Waals surface area contributed by atoms with Crippen LogP contribution in [0.25, 0.3) is 21.8 Å². The van der Waals surface area contributed by atoms with Crippen LogP contribution < -0.4 is 21.1 Å². The van der Waals surface area contributed by atoms with E-state index in [0.717, 1.165) is 21.8 Å². The van der Waals surface area contributed by atoms with Gasteiger partial charge in [0.25, 0.3) is 0 Å². The third kappa shape index (κ3) is 3.12. The van der Waals surface area contributed by atoms with Gasteiger partial charge in [0, 0.05) is 18.6 Å². The molecule has 0 fully saturated rings. The molecule has 0 unspecified atom stereocenters. The van der Waals surface area contributed by atoms with E-state index in [1.54, 1.807) is 0 Å². The van der Waals surface area contributed by atoms with Gasteiger partial charge in [-0.2, -0.15) is 0 Å². The second kappa shape index (κ2) is 6.54. The quantitative estimate of drug-likeness (QED) is 0.647. The maximum atomic E-state index is 11.5. The van der Waals surface area contributed by atoms with Crippen LogP contribution in [-0.4, -0.2) is 17.9 Å². The third-order valence-corrected chi connectivity index (χ3v) is 3.94. The molecule has 0 saturated carbocycles. The van der Waals surface area contributed by atoms with E-state index in [2.05, 4.69) is 10.3 Å². The number of fused-ring (bicyclic) bond motifs is 2. The Labute approximate surface area is 138 Å². The molecule has 0 aliphatic heterocycles. The van der Waals surface area contributed by atoms with Gasteiger partial charge in [0.2, 0.25) is 16.9 Å². The number of amides is 1. The Morgan fingerprint density at radius 1 is 1.04 bits per heavy atom. The normalized spacial score (nSPS) is 12.2. The lowest BCUT2D eigenvalue weighted by atomic mass is 10.1. The van der Waals surface area contributed by atoms with Crippen LogP contribution in [-0.2, 0) is 9.59 Å². The van der Waals surface area contributed by atoms with Crippen LogP contribution in [0.2, 0.25) is 0 Å². The van der Waals surface area contributed by atoms with Crippen LogP contribution in [0.3, 0.4) is 0 Å². The highest BCUT2D eigenvalue weighted by atomic mass is 16.4. The maximum Gasteiger partial charge on any atom is 0.217 e. The Morgan fingerprint density at radius 2 is 1.58 bits per heavy atom. The molecular formula is C18H17N3O3. The summed E-state index contributed by atoms with van der Waals surface area (Å²) in [6.07, 6.45) is 0.0411. The summed E-state index contributed by atoms with van der Waals surface area (Å²) in [4.78, 5) is 25.8. The van der Waals surface area contributed by atoms with Gasteiger partial charge in [0.1, 0.15) is 0 Å². The van der Waals surface area contributed by atoms with Crippen molar-refractivity contribution in [3.05, 3.63) is 48.5 Å². The minimum atomic E-state index is -1.27. The van der Waals surface area contributed by atoms with Gasteiger partial charge in [-0.3, -0.25) is 4.79 Å². The molecule has 4 N–H and O–H groups in total. The highest BCUT2D eigenvalue weighted by Gasteiger charge is 2.18. The molecule has 0 radical (unpaired) electrons. The summed E-state index contributed by atoms with van der Waals surface area (Å²) in [6, 6.07) is 14.2.